The number of aliphatic imine (C=N–C) groups is 1. The van der Waals surface area contributed by atoms with Crippen molar-refractivity contribution in [1.82, 2.24) is 20.9 Å². The molecule has 2 heterocycles. The highest BCUT2D eigenvalue weighted by Crippen LogP contribution is 2.28. The minimum absolute atomic E-state index is 0.192. The molecule has 12 nitrogen and oxygen atoms in total. The van der Waals surface area contributed by atoms with Crippen LogP contribution in [-0.4, -0.2) is 64.7 Å². The Bertz CT molecular complexity index is 1280. The zero-order valence-corrected chi connectivity index (χ0v) is 21.4. The number of nitrogens with one attached hydrogen (secondary N) is 4. The van der Waals surface area contributed by atoms with Gasteiger partial charge in [-0.05, 0) is 34.7 Å². The third-order valence-electron chi connectivity index (χ3n) is 5.70. The molecule has 0 spiro atoms. The minimum atomic E-state index is -1.12. The van der Waals surface area contributed by atoms with E-state index in [1.807, 2.05) is 20.8 Å². The summed E-state index contributed by atoms with van der Waals surface area (Å²) in [5.41, 5.74) is 2.06. The minimum Gasteiger partial charge on any atom is -0.481 e. The first-order valence-corrected chi connectivity index (χ1v) is 12.0. The summed E-state index contributed by atoms with van der Waals surface area (Å²) in [4.78, 5) is 45.0. The summed E-state index contributed by atoms with van der Waals surface area (Å²) < 4.78 is 0. The number of aliphatic hydroxyl groups is 1. The number of aliphatic carboxylic acids is 1. The van der Waals surface area contributed by atoms with Crippen LogP contribution in [0.3, 0.4) is 0 Å². The van der Waals surface area contributed by atoms with Crippen LogP contribution in [0, 0.1) is 11.3 Å². The quantitative estimate of drug-likeness (QED) is 0.295. The SMILES string of the molecule is CC(C)(C)c1cc(C#N)cc(C(CC(=O)O)NC(=O)CNC(=O)c2cncc(NC3=NCC(O)CN3)c2)c1. The number of hydrogen-bond donors (Lipinski definition) is 6. The van der Waals surface area contributed by atoms with Gasteiger partial charge in [0.15, 0.2) is 5.96 Å². The number of carbonyl (C=O) groups is 3. The molecule has 12 heteroatoms. The molecule has 0 fully saturated rings. The van der Waals surface area contributed by atoms with Crippen molar-refractivity contribution in [3.8, 4) is 6.07 Å². The Morgan fingerprint density at radius 1 is 1.21 bits per heavy atom. The zero-order chi connectivity index (χ0) is 27.9. The summed E-state index contributed by atoms with van der Waals surface area (Å²) in [5.74, 6) is -1.83. The molecular formula is C26H31N7O5. The van der Waals surface area contributed by atoms with Crippen molar-refractivity contribution in [2.75, 3.05) is 25.0 Å². The first kappa shape index (κ1) is 28.1. The standard InChI is InChI=1S/C26H31N7O5/c1-26(2,3)18-5-15(9-27)4-16(6-18)21(8-23(36)37)33-22(35)14-29-24(38)17-7-19(11-28-10-17)32-25-30-12-20(34)13-31-25/h4-7,10-11,20-21,34H,8,12-14H2,1-3H3,(H,29,38)(H,33,35)(H,36,37)(H2,30,31,32). The Morgan fingerprint density at radius 2 is 1.97 bits per heavy atom. The lowest BCUT2D eigenvalue weighted by Gasteiger charge is -2.23. The molecule has 6 N–H and O–H groups in total. The van der Waals surface area contributed by atoms with E-state index in [9.17, 15) is 29.9 Å². The third-order valence-corrected chi connectivity index (χ3v) is 5.70. The van der Waals surface area contributed by atoms with Gasteiger partial charge in [0.05, 0.1) is 60.7 Å². The number of hydrogen-bond acceptors (Lipinski definition) is 9. The molecule has 1 aliphatic rings. The van der Waals surface area contributed by atoms with Crippen molar-refractivity contribution in [1.29, 1.82) is 5.26 Å². The van der Waals surface area contributed by atoms with Gasteiger partial charge >= 0.3 is 5.97 Å². The van der Waals surface area contributed by atoms with Crippen LogP contribution in [0.15, 0.2) is 41.7 Å². The lowest BCUT2D eigenvalue weighted by atomic mass is 9.84. The molecule has 0 aliphatic carbocycles. The van der Waals surface area contributed by atoms with Gasteiger partial charge in [-0.1, -0.05) is 26.8 Å². The van der Waals surface area contributed by atoms with Crippen LogP contribution in [0.1, 0.15) is 60.3 Å². The molecule has 0 saturated carbocycles. The smallest absolute Gasteiger partial charge is 0.305 e. The average Bonchev–Trinajstić information content (AvgIpc) is 2.87. The number of carboxylic acids is 1. The molecule has 2 amide bonds. The second-order valence-corrected chi connectivity index (χ2v) is 9.92. The van der Waals surface area contributed by atoms with Gasteiger partial charge in [-0.15, -0.1) is 0 Å². The molecule has 3 rings (SSSR count). The monoisotopic (exact) mass is 521 g/mol. The number of rotatable bonds is 8. The van der Waals surface area contributed by atoms with Gasteiger partial charge < -0.3 is 31.5 Å². The lowest BCUT2D eigenvalue weighted by molar-refractivity contribution is -0.137. The van der Waals surface area contributed by atoms with E-state index in [1.165, 1.54) is 18.5 Å². The van der Waals surface area contributed by atoms with E-state index in [1.54, 1.807) is 18.2 Å². The largest absolute Gasteiger partial charge is 0.481 e. The van der Waals surface area contributed by atoms with E-state index in [2.05, 4.69) is 37.3 Å². The van der Waals surface area contributed by atoms with Crippen molar-refractivity contribution < 1.29 is 24.6 Å². The topological polar surface area (TPSA) is 189 Å². The van der Waals surface area contributed by atoms with E-state index >= 15 is 0 Å². The summed E-state index contributed by atoms with van der Waals surface area (Å²) in [5, 5.41) is 39.4. The summed E-state index contributed by atoms with van der Waals surface area (Å²) in [6.07, 6.45) is 1.88. The van der Waals surface area contributed by atoms with Gasteiger partial charge in [-0.3, -0.25) is 24.4 Å². The highest BCUT2D eigenvalue weighted by Gasteiger charge is 2.23. The van der Waals surface area contributed by atoms with Gasteiger partial charge in [0, 0.05) is 12.7 Å². The molecule has 2 aromatic rings. The van der Waals surface area contributed by atoms with E-state index in [0.29, 0.717) is 29.3 Å². The maximum absolute atomic E-state index is 12.7. The van der Waals surface area contributed by atoms with Crippen LogP contribution in [0.25, 0.3) is 0 Å². The Kier molecular flexibility index (Phi) is 8.98. The number of nitrogens with zero attached hydrogens (tertiary/aromatic N) is 3. The molecule has 38 heavy (non-hydrogen) atoms. The normalized spacial score (nSPS) is 15.8. The molecule has 1 aromatic heterocycles. The van der Waals surface area contributed by atoms with Crippen LogP contribution in [-0.2, 0) is 15.0 Å². The molecular weight excluding hydrogens is 490 g/mol. The number of carbonyl (C=O) groups excluding carboxylic acids is 2. The van der Waals surface area contributed by atoms with Gasteiger partial charge in [0.1, 0.15) is 0 Å². The van der Waals surface area contributed by atoms with Gasteiger partial charge in [0.25, 0.3) is 5.91 Å². The van der Waals surface area contributed by atoms with Crippen molar-refractivity contribution in [3.05, 3.63) is 58.9 Å². The number of pyridine rings is 1. The van der Waals surface area contributed by atoms with Crippen LogP contribution < -0.4 is 21.3 Å². The maximum Gasteiger partial charge on any atom is 0.305 e. The Balaban J connectivity index is 1.66. The van der Waals surface area contributed by atoms with Gasteiger partial charge in [0.2, 0.25) is 5.91 Å². The van der Waals surface area contributed by atoms with Gasteiger partial charge in [-0.25, -0.2) is 0 Å². The van der Waals surface area contributed by atoms with Crippen LogP contribution >= 0.6 is 0 Å². The number of benzene rings is 1. The van der Waals surface area contributed by atoms with E-state index in [-0.39, 0.29) is 17.5 Å². The molecule has 0 saturated heterocycles. The summed E-state index contributed by atoms with van der Waals surface area (Å²) >= 11 is 0. The molecule has 200 valence electrons. The Labute approximate surface area is 220 Å². The molecule has 1 aliphatic heterocycles. The maximum atomic E-state index is 12.7. The number of carboxylic acid groups (broad SMARTS) is 1. The lowest BCUT2D eigenvalue weighted by Crippen LogP contribution is -2.42. The van der Waals surface area contributed by atoms with Gasteiger partial charge in [-0.2, -0.15) is 5.26 Å². The summed E-state index contributed by atoms with van der Waals surface area (Å²) in [6, 6.07) is 7.78. The molecule has 0 bridgehead atoms. The van der Waals surface area contributed by atoms with Crippen LogP contribution in [0.4, 0.5) is 5.69 Å². The Hall–Kier alpha value is -4.50. The molecule has 1 aromatic carbocycles. The van der Waals surface area contributed by atoms with Crippen LogP contribution in [0.2, 0.25) is 0 Å². The van der Waals surface area contributed by atoms with E-state index in [0.717, 1.165) is 5.56 Å². The Morgan fingerprint density at radius 3 is 2.61 bits per heavy atom. The van der Waals surface area contributed by atoms with Crippen molar-refractivity contribution in [3.63, 3.8) is 0 Å². The first-order chi connectivity index (χ1) is 17.9. The molecule has 2 atom stereocenters. The number of aromatic nitrogens is 1. The third kappa shape index (κ3) is 8.01. The summed E-state index contributed by atoms with van der Waals surface area (Å²) in [7, 11) is 0. The second-order valence-electron chi connectivity index (χ2n) is 9.92. The fourth-order valence-corrected chi connectivity index (χ4v) is 3.67. The fourth-order valence-electron chi connectivity index (χ4n) is 3.67. The van der Waals surface area contributed by atoms with E-state index in [4.69, 9.17) is 0 Å². The zero-order valence-electron chi connectivity index (χ0n) is 21.4. The number of guanidine groups is 1. The number of β-amino-alcohol motifs (C(OH)–C–C–N with tert-alkyl or cyclic N) is 1. The predicted octanol–water partition coefficient (Wildman–Crippen LogP) is 1.04. The van der Waals surface area contributed by atoms with E-state index < -0.39 is 42.9 Å². The van der Waals surface area contributed by atoms with Crippen LogP contribution in [0.5, 0.6) is 0 Å². The fraction of sp³-hybridized carbons (Fsp3) is 0.385. The first-order valence-electron chi connectivity index (χ1n) is 12.0. The highest BCUT2D eigenvalue weighted by atomic mass is 16.4. The number of nitriles is 1. The molecule has 0 radical (unpaired) electrons. The summed E-state index contributed by atoms with van der Waals surface area (Å²) in [6.45, 7) is 6.10. The van der Waals surface area contributed by atoms with Crippen molar-refractivity contribution in [2.45, 2.75) is 44.8 Å². The average molecular weight is 522 g/mol. The number of aliphatic hydroxyl groups excluding tert-OH is 1. The highest BCUT2D eigenvalue weighted by molar-refractivity contribution is 5.99. The number of amides is 2. The molecule has 2 unspecified atom stereocenters. The number of anilines is 1. The van der Waals surface area contributed by atoms with Crippen molar-refractivity contribution >= 4 is 29.4 Å². The predicted molar refractivity (Wildman–Crippen MR) is 139 cm³/mol. The second kappa shape index (κ2) is 12.2. The van der Waals surface area contributed by atoms with Crippen molar-refractivity contribution in [2.24, 2.45) is 4.99 Å².